The molecule has 2 nitrogen and oxygen atoms in total. The van der Waals surface area contributed by atoms with Crippen molar-refractivity contribution in [3.05, 3.63) is 241 Å². The van der Waals surface area contributed by atoms with E-state index in [2.05, 4.69) is 194 Å². The maximum absolute atomic E-state index is 5.18. The average Bonchev–Trinajstić information content (AvgIpc) is 3.57. The Morgan fingerprint density at radius 2 is 0.745 bits per heavy atom. The van der Waals surface area contributed by atoms with Crippen LogP contribution in [0.5, 0.6) is 0 Å². The monoisotopic (exact) mass is 700 g/mol. The summed E-state index contributed by atoms with van der Waals surface area (Å²) in [6.45, 7) is 0. The van der Waals surface area contributed by atoms with Crippen LogP contribution in [0.1, 0.15) is 22.3 Å². The number of nitrogens with zero attached hydrogens (tertiary/aromatic N) is 2. The van der Waals surface area contributed by atoms with Crippen molar-refractivity contribution in [2.75, 3.05) is 0 Å². The van der Waals surface area contributed by atoms with Crippen LogP contribution in [0.3, 0.4) is 0 Å². The molecule has 10 rings (SSSR count). The highest BCUT2D eigenvalue weighted by molar-refractivity contribution is 5.95. The van der Waals surface area contributed by atoms with Crippen LogP contribution in [0.15, 0.2) is 218 Å². The molecule has 0 spiro atoms. The van der Waals surface area contributed by atoms with Crippen molar-refractivity contribution >= 4 is 0 Å². The van der Waals surface area contributed by atoms with Crippen molar-refractivity contribution in [1.82, 2.24) is 9.97 Å². The molecule has 9 aromatic rings. The maximum Gasteiger partial charge on any atom is 0.160 e. The molecule has 0 unspecified atom stereocenters. The number of fused-ring (bicyclic) bond motifs is 3. The summed E-state index contributed by atoms with van der Waals surface area (Å²) in [5, 5.41) is 0. The third-order valence-corrected chi connectivity index (χ3v) is 11.0. The molecule has 55 heavy (non-hydrogen) atoms. The number of hydrogen-bond acceptors (Lipinski definition) is 2. The van der Waals surface area contributed by atoms with Crippen molar-refractivity contribution in [2.24, 2.45) is 0 Å². The van der Waals surface area contributed by atoms with Gasteiger partial charge in [0.15, 0.2) is 5.82 Å². The molecule has 0 radical (unpaired) electrons. The molecule has 0 fully saturated rings. The fourth-order valence-electron chi connectivity index (χ4n) is 8.50. The Morgan fingerprint density at radius 1 is 0.273 bits per heavy atom. The Hall–Kier alpha value is -7.16. The van der Waals surface area contributed by atoms with Crippen molar-refractivity contribution in [3.8, 4) is 67.3 Å². The largest absolute Gasteiger partial charge is 0.228 e. The van der Waals surface area contributed by atoms with E-state index < -0.39 is 5.41 Å². The molecule has 0 N–H and O–H groups in total. The highest BCUT2D eigenvalue weighted by Gasteiger charge is 2.46. The Morgan fingerprint density at radius 3 is 1.38 bits per heavy atom. The number of benzene rings is 8. The van der Waals surface area contributed by atoms with Gasteiger partial charge in [0.2, 0.25) is 0 Å². The molecule has 0 amide bonds. The second-order valence-corrected chi connectivity index (χ2v) is 14.1. The van der Waals surface area contributed by atoms with Gasteiger partial charge < -0.3 is 0 Å². The highest BCUT2D eigenvalue weighted by Crippen LogP contribution is 2.58. The van der Waals surface area contributed by atoms with Gasteiger partial charge in [0.05, 0.1) is 16.8 Å². The van der Waals surface area contributed by atoms with Gasteiger partial charge in [0, 0.05) is 16.7 Å². The summed E-state index contributed by atoms with van der Waals surface area (Å²) in [5.74, 6) is 0.708. The minimum atomic E-state index is -0.485. The zero-order valence-corrected chi connectivity index (χ0v) is 30.2. The van der Waals surface area contributed by atoms with Gasteiger partial charge in [-0.3, -0.25) is 0 Å². The second kappa shape index (κ2) is 13.7. The first-order valence-corrected chi connectivity index (χ1v) is 18.8. The highest BCUT2D eigenvalue weighted by atomic mass is 14.9. The quantitative estimate of drug-likeness (QED) is 0.165. The summed E-state index contributed by atoms with van der Waals surface area (Å²) >= 11 is 0. The summed E-state index contributed by atoms with van der Waals surface area (Å²) in [4.78, 5) is 10.2. The van der Waals surface area contributed by atoms with E-state index in [1.54, 1.807) is 0 Å². The summed E-state index contributed by atoms with van der Waals surface area (Å²) in [5.41, 5.74) is 16.7. The minimum absolute atomic E-state index is 0.485. The molecule has 1 heterocycles. The van der Waals surface area contributed by atoms with Crippen LogP contribution in [0.25, 0.3) is 67.3 Å². The van der Waals surface area contributed by atoms with Gasteiger partial charge in [-0.15, -0.1) is 0 Å². The lowest BCUT2D eigenvalue weighted by atomic mass is 9.67. The van der Waals surface area contributed by atoms with Gasteiger partial charge >= 0.3 is 0 Å². The summed E-state index contributed by atoms with van der Waals surface area (Å²) in [6, 6.07) is 78.3. The first kappa shape index (κ1) is 32.5. The third-order valence-electron chi connectivity index (χ3n) is 11.0. The van der Waals surface area contributed by atoms with Crippen molar-refractivity contribution in [3.63, 3.8) is 0 Å². The molecule has 2 heteroatoms. The van der Waals surface area contributed by atoms with Gasteiger partial charge in [-0.05, 0) is 79.9 Å². The Bertz CT molecular complexity index is 2680. The zero-order valence-electron chi connectivity index (χ0n) is 30.2. The topological polar surface area (TPSA) is 25.8 Å². The summed E-state index contributed by atoms with van der Waals surface area (Å²) in [6.07, 6.45) is 0. The molecule has 1 aliphatic rings. The van der Waals surface area contributed by atoms with Crippen LogP contribution in [-0.4, -0.2) is 9.97 Å². The summed E-state index contributed by atoms with van der Waals surface area (Å²) < 4.78 is 0. The number of rotatable bonds is 7. The lowest BCUT2D eigenvalue weighted by molar-refractivity contribution is 0.769. The van der Waals surface area contributed by atoms with E-state index in [-0.39, 0.29) is 0 Å². The van der Waals surface area contributed by atoms with Gasteiger partial charge in [-0.1, -0.05) is 194 Å². The normalized spacial score (nSPS) is 12.5. The molecule has 8 aromatic carbocycles. The predicted octanol–water partition coefficient (Wildman–Crippen LogP) is 13.2. The molecule has 0 saturated heterocycles. The fourth-order valence-corrected chi connectivity index (χ4v) is 8.50. The van der Waals surface area contributed by atoms with Crippen molar-refractivity contribution in [1.29, 1.82) is 0 Å². The van der Waals surface area contributed by atoms with E-state index >= 15 is 0 Å². The number of aromatic nitrogens is 2. The van der Waals surface area contributed by atoms with E-state index in [0.29, 0.717) is 5.82 Å². The van der Waals surface area contributed by atoms with Crippen molar-refractivity contribution in [2.45, 2.75) is 5.41 Å². The van der Waals surface area contributed by atoms with Gasteiger partial charge in [-0.25, -0.2) is 9.97 Å². The number of hydrogen-bond donors (Lipinski definition) is 0. The van der Waals surface area contributed by atoms with E-state index in [9.17, 15) is 0 Å². The SMILES string of the molecule is c1ccc(-c2cc(-c3cccc(-c4cc5c(cc4-c4ccccc4)C(c4ccccc4)(c4ccccc4)c4ccccc4-5)c3)nc(-c3ccccc3)n2)cc1. The predicted molar refractivity (Wildman–Crippen MR) is 227 cm³/mol. The molecule has 258 valence electrons. The van der Waals surface area contributed by atoms with E-state index in [1.165, 1.54) is 50.1 Å². The Labute approximate surface area is 322 Å². The Kier molecular flexibility index (Phi) is 8.08. The smallest absolute Gasteiger partial charge is 0.160 e. The van der Waals surface area contributed by atoms with Gasteiger partial charge in [0.1, 0.15) is 0 Å². The summed E-state index contributed by atoms with van der Waals surface area (Å²) in [7, 11) is 0. The zero-order chi connectivity index (χ0) is 36.6. The average molecular weight is 701 g/mol. The first-order valence-electron chi connectivity index (χ1n) is 18.8. The molecule has 0 atom stereocenters. The van der Waals surface area contributed by atoms with Crippen LogP contribution in [0, 0.1) is 0 Å². The maximum atomic E-state index is 5.18. The lowest BCUT2D eigenvalue weighted by Crippen LogP contribution is -2.28. The van der Waals surface area contributed by atoms with Crippen molar-refractivity contribution < 1.29 is 0 Å². The van der Waals surface area contributed by atoms with E-state index in [1.807, 2.05) is 24.3 Å². The minimum Gasteiger partial charge on any atom is -0.228 e. The van der Waals surface area contributed by atoms with Crippen LogP contribution >= 0.6 is 0 Å². The van der Waals surface area contributed by atoms with E-state index in [0.717, 1.165) is 33.6 Å². The standard InChI is InChI=1S/C53H36N2/c1-6-19-37(20-7-1)46-35-49-47(44-31-16-17-32-48(44)53(49,42-27-12-4-13-28-42)43-29-14-5-15-30-43)34-45(46)40-25-18-26-41(33-40)51-36-50(38-21-8-2-9-22-38)54-52(55-51)39-23-10-3-11-24-39/h1-36H. The molecule has 1 aromatic heterocycles. The van der Waals surface area contributed by atoms with Crippen LogP contribution < -0.4 is 0 Å². The molecule has 0 aliphatic heterocycles. The molecule has 1 aliphatic carbocycles. The van der Waals surface area contributed by atoms with E-state index in [4.69, 9.17) is 9.97 Å². The molecular weight excluding hydrogens is 665 g/mol. The molecular formula is C53H36N2. The first-order chi connectivity index (χ1) is 27.3. The van der Waals surface area contributed by atoms with Crippen LogP contribution in [0.4, 0.5) is 0 Å². The fraction of sp³-hybridized carbons (Fsp3) is 0.0189. The second-order valence-electron chi connectivity index (χ2n) is 14.1. The Balaban J connectivity index is 1.22. The van der Waals surface area contributed by atoms with Crippen LogP contribution in [-0.2, 0) is 5.41 Å². The third kappa shape index (κ3) is 5.59. The van der Waals surface area contributed by atoms with Crippen LogP contribution in [0.2, 0.25) is 0 Å². The van der Waals surface area contributed by atoms with Gasteiger partial charge in [-0.2, -0.15) is 0 Å². The molecule has 0 saturated carbocycles. The molecule has 0 bridgehead atoms. The van der Waals surface area contributed by atoms with Gasteiger partial charge in [0.25, 0.3) is 0 Å². The lowest BCUT2D eigenvalue weighted by Gasteiger charge is -2.34.